The van der Waals surface area contributed by atoms with Crippen molar-refractivity contribution in [1.29, 1.82) is 5.26 Å². The molecular formula is C24H13BrCl4FN3O2. The average molecular weight is 616 g/mol. The van der Waals surface area contributed by atoms with Gasteiger partial charge in [0.2, 0.25) is 5.91 Å². The van der Waals surface area contributed by atoms with Gasteiger partial charge < -0.3 is 10.6 Å². The van der Waals surface area contributed by atoms with Gasteiger partial charge in [-0.05, 0) is 70.0 Å². The number of halogens is 6. The minimum absolute atomic E-state index is 0.0349. The quantitative estimate of drug-likeness (QED) is 0.291. The second-order valence-electron chi connectivity index (χ2n) is 7.74. The zero-order chi connectivity index (χ0) is 25.5. The summed E-state index contributed by atoms with van der Waals surface area (Å²) in [6, 6.07) is 14.8. The fourth-order valence-electron chi connectivity index (χ4n) is 3.68. The van der Waals surface area contributed by atoms with E-state index >= 15 is 0 Å². The van der Waals surface area contributed by atoms with Gasteiger partial charge >= 0.3 is 0 Å². The zero-order valence-electron chi connectivity index (χ0n) is 17.4. The Labute approximate surface area is 228 Å². The molecular weight excluding hydrogens is 603 g/mol. The summed E-state index contributed by atoms with van der Waals surface area (Å²) in [7, 11) is 0. The second-order valence-corrected chi connectivity index (χ2v) is 10.9. The molecule has 178 valence electrons. The van der Waals surface area contributed by atoms with Gasteiger partial charge in [-0.2, -0.15) is 5.26 Å². The Morgan fingerprint density at radius 1 is 1.00 bits per heavy atom. The van der Waals surface area contributed by atoms with Crippen molar-refractivity contribution in [3.05, 3.63) is 91.6 Å². The van der Waals surface area contributed by atoms with Crippen LogP contribution in [0.25, 0.3) is 0 Å². The van der Waals surface area contributed by atoms with E-state index in [0.29, 0.717) is 15.1 Å². The highest BCUT2D eigenvalue weighted by Gasteiger charge is 2.67. The van der Waals surface area contributed by atoms with Crippen molar-refractivity contribution < 1.29 is 14.0 Å². The molecule has 1 aliphatic carbocycles. The lowest BCUT2D eigenvalue weighted by atomic mass is 10.1. The van der Waals surface area contributed by atoms with Crippen LogP contribution in [0.1, 0.15) is 27.4 Å². The van der Waals surface area contributed by atoms with Crippen LogP contribution in [0.15, 0.2) is 59.1 Å². The number of hydrogen-bond donors (Lipinski definition) is 2. The van der Waals surface area contributed by atoms with Crippen LogP contribution in [0.4, 0.5) is 15.8 Å². The number of carbonyl (C=O) groups is 2. The summed E-state index contributed by atoms with van der Waals surface area (Å²) in [5.74, 6) is -2.94. The van der Waals surface area contributed by atoms with E-state index in [2.05, 4.69) is 26.6 Å². The standard InChI is InChI=1S/C24H13BrCl4FN3O2/c25-16-4-1-11(8-18(16)27)20-21(24(20,28)29)23(35)32-14-3-5-17(26)15(9-14)22(34)33-19-6-2-13(30)7-12(19)10-31/h1-9,20-21H,(H,32,35)(H,33,34)/t20-,21+/m1/s1. The molecule has 3 aromatic rings. The van der Waals surface area contributed by atoms with Gasteiger partial charge in [0.15, 0.2) is 0 Å². The van der Waals surface area contributed by atoms with Crippen molar-refractivity contribution in [2.75, 3.05) is 10.6 Å². The summed E-state index contributed by atoms with van der Waals surface area (Å²) in [5.41, 5.74) is 1.10. The number of benzene rings is 3. The van der Waals surface area contributed by atoms with Crippen molar-refractivity contribution in [3.8, 4) is 6.07 Å². The summed E-state index contributed by atoms with van der Waals surface area (Å²) >= 11 is 28.5. The van der Waals surface area contributed by atoms with Crippen LogP contribution < -0.4 is 10.6 Å². The number of anilines is 2. The highest BCUT2D eigenvalue weighted by molar-refractivity contribution is 9.10. The van der Waals surface area contributed by atoms with E-state index in [0.717, 1.165) is 12.1 Å². The topological polar surface area (TPSA) is 82.0 Å². The van der Waals surface area contributed by atoms with Gasteiger partial charge in [0.05, 0.1) is 32.8 Å². The molecule has 4 rings (SSSR count). The van der Waals surface area contributed by atoms with E-state index in [1.54, 1.807) is 18.2 Å². The average Bonchev–Trinajstić information content (AvgIpc) is 3.39. The van der Waals surface area contributed by atoms with Crippen molar-refractivity contribution in [3.63, 3.8) is 0 Å². The number of rotatable bonds is 5. The number of nitriles is 1. The van der Waals surface area contributed by atoms with Gasteiger partial charge in [0, 0.05) is 16.1 Å². The van der Waals surface area contributed by atoms with Gasteiger partial charge in [-0.25, -0.2) is 4.39 Å². The third kappa shape index (κ3) is 5.28. The Balaban J connectivity index is 1.52. The molecule has 0 aromatic heterocycles. The number of nitrogens with zero attached hydrogens (tertiary/aromatic N) is 1. The molecule has 2 amide bonds. The lowest BCUT2D eigenvalue weighted by Crippen LogP contribution is -2.18. The normalized spacial score (nSPS) is 17.9. The number of alkyl halides is 2. The van der Waals surface area contributed by atoms with Gasteiger partial charge in [-0.15, -0.1) is 23.2 Å². The maximum atomic E-state index is 13.4. The highest BCUT2D eigenvalue weighted by atomic mass is 79.9. The smallest absolute Gasteiger partial charge is 0.257 e. The molecule has 35 heavy (non-hydrogen) atoms. The van der Waals surface area contributed by atoms with Crippen molar-refractivity contribution in [2.24, 2.45) is 5.92 Å². The predicted octanol–water partition coefficient (Wildman–Crippen LogP) is 7.54. The number of carbonyl (C=O) groups excluding carboxylic acids is 2. The molecule has 0 aliphatic heterocycles. The summed E-state index contributed by atoms with van der Waals surface area (Å²) in [4.78, 5) is 25.8. The van der Waals surface area contributed by atoms with Crippen LogP contribution in [0.2, 0.25) is 10.0 Å². The van der Waals surface area contributed by atoms with Gasteiger partial charge in [0.1, 0.15) is 16.2 Å². The summed E-state index contributed by atoms with van der Waals surface area (Å²) in [6.07, 6.45) is 0. The molecule has 1 fully saturated rings. The van der Waals surface area contributed by atoms with Crippen LogP contribution in [0.3, 0.4) is 0 Å². The van der Waals surface area contributed by atoms with Gasteiger partial charge in [0.25, 0.3) is 5.91 Å². The number of amides is 2. The minimum atomic E-state index is -1.33. The van der Waals surface area contributed by atoms with Crippen LogP contribution in [0, 0.1) is 23.1 Å². The Kier molecular flexibility index (Phi) is 7.33. The lowest BCUT2D eigenvalue weighted by molar-refractivity contribution is -0.117. The van der Waals surface area contributed by atoms with Crippen molar-refractivity contribution in [1.82, 2.24) is 0 Å². The fraction of sp³-hybridized carbons (Fsp3) is 0.125. The first-order valence-corrected chi connectivity index (χ1v) is 12.3. The van der Waals surface area contributed by atoms with E-state index in [-0.39, 0.29) is 27.5 Å². The lowest BCUT2D eigenvalue weighted by Gasteiger charge is -2.11. The number of nitrogens with one attached hydrogen (secondary N) is 2. The molecule has 3 aromatic carbocycles. The Hall–Kier alpha value is -2.34. The first-order chi connectivity index (χ1) is 16.5. The molecule has 0 saturated heterocycles. The summed E-state index contributed by atoms with van der Waals surface area (Å²) in [5, 5.41) is 15.0. The van der Waals surface area contributed by atoms with Crippen LogP contribution in [-0.4, -0.2) is 16.1 Å². The second kappa shape index (κ2) is 9.96. The highest BCUT2D eigenvalue weighted by Crippen LogP contribution is 2.65. The SMILES string of the molecule is N#Cc1cc(F)ccc1NC(=O)c1cc(NC(=O)[C@@H]2[C@@H](c3ccc(Br)c(Cl)c3)C2(Cl)Cl)ccc1Cl. The Morgan fingerprint density at radius 3 is 2.43 bits per heavy atom. The molecule has 0 bridgehead atoms. The molecule has 1 aliphatic rings. The van der Waals surface area contributed by atoms with Gasteiger partial charge in [-0.1, -0.05) is 29.3 Å². The molecule has 0 radical (unpaired) electrons. The largest absolute Gasteiger partial charge is 0.326 e. The molecule has 0 spiro atoms. The molecule has 2 N–H and O–H groups in total. The molecule has 2 atom stereocenters. The van der Waals surface area contributed by atoms with E-state index in [4.69, 9.17) is 46.4 Å². The Morgan fingerprint density at radius 2 is 1.74 bits per heavy atom. The van der Waals surface area contributed by atoms with Crippen LogP contribution in [0.5, 0.6) is 0 Å². The first kappa shape index (κ1) is 25.7. The molecule has 0 heterocycles. The van der Waals surface area contributed by atoms with E-state index < -0.39 is 33.8 Å². The summed E-state index contributed by atoms with van der Waals surface area (Å²) in [6.45, 7) is 0. The third-order valence-electron chi connectivity index (χ3n) is 5.47. The minimum Gasteiger partial charge on any atom is -0.326 e. The van der Waals surface area contributed by atoms with Crippen LogP contribution >= 0.6 is 62.3 Å². The fourth-order valence-corrected chi connectivity index (χ4v) is 5.15. The van der Waals surface area contributed by atoms with E-state index in [1.165, 1.54) is 24.3 Å². The monoisotopic (exact) mass is 613 g/mol. The van der Waals surface area contributed by atoms with Crippen molar-refractivity contribution in [2.45, 2.75) is 10.3 Å². The molecule has 5 nitrogen and oxygen atoms in total. The predicted molar refractivity (Wildman–Crippen MR) is 139 cm³/mol. The van der Waals surface area contributed by atoms with E-state index in [1.807, 2.05) is 6.07 Å². The maximum Gasteiger partial charge on any atom is 0.257 e. The van der Waals surface area contributed by atoms with Crippen molar-refractivity contribution >= 4 is 85.5 Å². The third-order valence-corrected chi connectivity index (χ3v) is 7.97. The molecule has 11 heteroatoms. The van der Waals surface area contributed by atoms with Crippen LogP contribution in [-0.2, 0) is 4.79 Å². The Bertz CT molecular complexity index is 1410. The zero-order valence-corrected chi connectivity index (χ0v) is 22.0. The number of hydrogen-bond acceptors (Lipinski definition) is 3. The molecule has 0 unspecified atom stereocenters. The summed E-state index contributed by atoms with van der Waals surface area (Å²) < 4.78 is 12.8. The van der Waals surface area contributed by atoms with E-state index in [9.17, 15) is 19.2 Å². The molecule has 1 saturated carbocycles. The first-order valence-electron chi connectivity index (χ1n) is 9.97. The van der Waals surface area contributed by atoms with Gasteiger partial charge in [-0.3, -0.25) is 9.59 Å². The maximum absolute atomic E-state index is 13.4.